The van der Waals surface area contributed by atoms with E-state index in [1.165, 1.54) is 12.7 Å². The Labute approximate surface area is 118 Å². The summed E-state index contributed by atoms with van der Waals surface area (Å²) in [7, 11) is -2.86. The van der Waals surface area contributed by atoms with Crippen molar-refractivity contribution in [1.29, 1.82) is 0 Å². The van der Waals surface area contributed by atoms with Crippen LogP contribution in [-0.4, -0.2) is 57.5 Å². The summed E-state index contributed by atoms with van der Waals surface area (Å²) in [5.41, 5.74) is 0.293. The first-order chi connectivity index (χ1) is 7.72. The van der Waals surface area contributed by atoms with Crippen molar-refractivity contribution in [2.45, 2.75) is 33.2 Å². The maximum atomic E-state index is 11.2. The first kappa shape index (κ1) is 18.2. The van der Waals surface area contributed by atoms with Crippen molar-refractivity contribution in [1.82, 2.24) is 10.2 Å². The van der Waals surface area contributed by atoms with Gasteiger partial charge >= 0.3 is 0 Å². The van der Waals surface area contributed by atoms with Gasteiger partial charge in [0, 0.05) is 31.9 Å². The van der Waals surface area contributed by atoms with Gasteiger partial charge in [0.1, 0.15) is 9.84 Å². The lowest BCUT2D eigenvalue weighted by Gasteiger charge is -2.34. The largest absolute Gasteiger partial charge is 0.316 e. The second-order valence-electron chi connectivity index (χ2n) is 5.93. The molecule has 1 unspecified atom stereocenters. The molecule has 1 fully saturated rings. The van der Waals surface area contributed by atoms with Crippen LogP contribution in [0.15, 0.2) is 0 Å². The Morgan fingerprint density at radius 3 is 2.39 bits per heavy atom. The number of rotatable bonds is 6. The Balaban J connectivity index is 0.00000289. The highest BCUT2D eigenvalue weighted by Gasteiger charge is 2.31. The highest BCUT2D eigenvalue weighted by Crippen LogP contribution is 2.26. The fourth-order valence-corrected chi connectivity index (χ4v) is 2.86. The van der Waals surface area contributed by atoms with E-state index in [4.69, 9.17) is 0 Å². The molecule has 0 aromatic heterocycles. The highest BCUT2D eigenvalue weighted by atomic mass is 35.5. The van der Waals surface area contributed by atoms with Crippen LogP contribution in [0.2, 0.25) is 0 Å². The third kappa shape index (κ3) is 6.36. The molecule has 0 aliphatic carbocycles. The Morgan fingerprint density at radius 1 is 1.39 bits per heavy atom. The molecule has 1 saturated heterocycles. The third-order valence-corrected chi connectivity index (χ3v) is 4.45. The minimum absolute atomic E-state index is 0. The monoisotopic (exact) mass is 298 g/mol. The van der Waals surface area contributed by atoms with Crippen LogP contribution in [0.5, 0.6) is 0 Å². The summed E-state index contributed by atoms with van der Waals surface area (Å²) in [6.07, 6.45) is 2.49. The smallest absolute Gasteiger partial charge is 0.148 e. The van der Waals surface area contributed by atoms with Gasteiger partial charge in [0.25, 0.3) is 0 Å². The van der Waals surface area contributed by atoms with E-state index in [1.807, 2.05) is 0 Å². The second-order valence-corrected chi connectivity index (χ2v) is 8.19. The van der Waals surface area contributed by atoms with Gasteiger partial charge in [-0.15, -0.1) is 12.4 Å². The number of halogens is 1. The maximum Gasteiger partial charge on any atom is 0.148 e. The van der Waals surface area contributed by atoms with E-state index < -0.39 is 9.84 Å². The van der Waals surface area contributed by atoms with Crippen LogP contribution in [-0.2, 0) is 9.84 Å². The summed E-state index contributed by atoms with van der Waals surface area (Å²) in [5, 5.41) is 3.38. The quantitative estimate of drug-likeness (QED) is 0.799. The van der Waals surface area contributed by atoms with Gasteiger partial charge in [-0.1, -0.05) is 6.92 Å². The summed E-state index contributed by atoms with van der Waals surface area (Å²) >= 11 is 0. The molecule has 0 aromatic rings. The van der Waals surface area contributed by atoms with Gasteiger partial charge < -0.3 is 5.32 Å². The molecular formula is C12H27ClN2O2S. The van der Waals surface area contributed by atoms with Gasteiger partial charge in [-0.2, -0.15) is 0 Å². The molecule has 18 heavy (non-hydrogen) atoms. The normalized spacial score (nSPS) is 24.6. The Kier molecular flexibility index (Phi) is 7.14. The fraction of sp³-hybridized carbons (Fsp3) is 1.00. The number of hydrogen-bond donors (Lipinski definition) is 1. The fourth-order valence-electron chi connectivity index (χ4n) is 2.30. The molecule has 1 heterocycles. The Hall–Kier alpha value is 0.160. The standard InChI is InChI=1S/C12H26N2O2S.ClH/c1-11(2)14(7-8-17(4,15)16)10-12(3)5-6-13-9-12;/h11,13H,5-10H2,1-4H3;1H. The Bertz CT molecular complexity index is 338. The summed E-state index contributed by atoms with van der Waals surface area (Å²) in [5.74, 6) is 0.259. The van der Waals surface area contributed by atoms with Crippen molar-refractivity contribution in [2.24, 2.45) is 5.41 Å². The van der Waals surface area contributed by atoms with E-state index in [0.717, 1.165) is 19.6 Å². The summed E-state index contributed by atoms with van der Waals surface area (Å²) < 4.78 is 22.5. The van der Waals surface area contributed by atoms with Gasteiger partial charge in [-0.3, -0.25) is 4.90 Å². The predicted octanol–water partition coefficient (Wildman–Crippen LogP) is 1.16. The zero-order chi connectivity index (χ0) is 13.1. The van der Waals surface area contributed by atoms with E-state index in [0.29, 0.717) is 18.0 Å². The summed E-state index contributed by atoms with van der Waals surface area (Å²) in [6, 6.07) is 0.397. The molecule has 0 spiro atoms. The molecule has 0 saturated carbocycles. The number of nitrogens with zero attached hydrogens (tertiary/aromatic N) is 1. The average molecular weight is 299 g/mol. The minimum atomic E-state index is -2.86. The lowest BCUT2D eigenvalue weighted by Crippen LogP contribution is -2.43. The van der Waals surface area contributed by atoms with E-state index in [2.05, 4.69) is 31.0 Å². The topological polar surface area (TPSA) is 49.4 Å². The number of hydrogen-bond acceptors (Lipinski definition) is 4. The molecule has 1 aliphatic heterocycles. The van der Waals surface area contributed by atoms with Crippen molar-refractivity contribution >= 4 is 22.2 Å². The molecule has 1 N–H and O–H groups in total. The molecule has 0 aromatic carbocycles. The molecular weight excluding hydrogens is 272 g/mol. The summed E-state index contributed by atoms with van der Waals surface area (Å²) in [6.45, 7) is 10.3. The van der Waals surface area contributed by atoms with Gasteiger partial charge in [-0.25, -0.2) is 8.42 Å². The lowest BCUT2D eigenvalue weighted by atomic mass is 9.89. The summed E-state index contributed by atoms with van der Waals surface area (Å²) in [4.78, 5) is 2.29. The van der Waals surface area contributed by atoms with Crippen molar-refractivity contribution < 1.29 is 8.42 Å². The molecule has 1 atom stereocenters. The van der Waals surface area contributed by atoms with Gasteiger partial charge in [-0.05, 0) is 32.2 Å². The second kappa shape index (κ2) is 7.08. The van der Waals surface area contributed by atoms with Crippen LogP contribution in [0.4, 0.5) is 0 Å². The zero-order valence-corrected chi connectivity index (χ0v) is 13.5. The van der Waals surface area contributed by atoms with Crippen molar-refractivity contribution in [3.8, 4) is 0 Å². The molecule has 6 heteroatoms. The lowest BCUT2D eigenvalue weighted by molar-refractivity contribution is 0.152. The molecule has 0 radical (unpaired) electrons. The van der Waals surface area contributed by atoms with Gasteiger partial charge in [0.05, 0.1) is 5.75 Å². The number of nitrogens with one attached hydrogen (secondary N) is 1. The molecule has 1 rings (SSSR count). The Morgan fingerprint density at radius 2 is 2.00 bits per heavy atom. The van der Waals surface area contributed by atoms with E-state index >= 15 is 0 Å². The SMILES string of the molecule is CC(C)N(CCS(C)(=O)=O)CC1(C)CCNC1.Cl. The molecule has 1 aliphatic rings. The minimum Gasteiger partial charge on any atom is -0.316 e. The molecule has 4 nitrogen and oxygen atoms in total. The first-order valence-electron chi connectivity index (χ1n) is 6.34. The van der Waals surface area contributed by atoms with Gasteiger partial charge in [0.2, 0.25) is 0 Å². The highest BCUT2D eigenvalue weighted by molar-refractivity contribution is 7.90. The zero-order valence-electron chi connectivity index (χ0n) is 11.9. The van der Waals surface area contributed by atoms with Crippen LogP contribution in [0, 0.1) is 5.41 Å². The predicted molar refractivity (Wildman–Crippen MR) is 79.3 cm³/mol. The first-order valence-corrected chi connectivity index (χ1v) is 8.40. The van der Waals surface area contributed by atoms with Crippen molar-refractivity contribution in [3.05, 3.63) is 0 Å². The van der Waals surface area contributed by atoms with Crippen LogP contribution in [0.25, 0.3) is 0 Å². The third-order valence-electron chi connectivity index (χ3n) is 3.52. The van der Waals surface area contributed by atoms with Crippen LogP contribution >= 0.6 is 12.4 Å². The molecule has 110 valence electrons. The van der Waals surface area contributed by atoms with E-state index in [-0.39, 0.29) is 18.2 Å². The molecule has 0 amide bonds. The molecule has 0 bridgehead atoms. The average Bonchev–Trinajstić information content (AvgIpc) is 2.58. The van der Waals surface area contributed by atoms with E-state index in [1.54, 1.807) is 0 Å². The van der Waals surface area contributed by atoms with Gasteiger partial charge in [0.15, 0.2) is 0 Å². The number of sulfone groups is 1. The van der Waals surface area contributed by atoms with Crippen LogP contribution in [0.1, 0.15) is 27.2 Å². The van der Waals surface area contributed by atoms with E-state index in [9.17, 15) is 8.42 Å². The van der Waals surface area contributed by atoms with Crippen molar-refractivity contribution in [3.63, 3.8) is 0 Å². The van der Waals surface area contributed by atoms with Crippen molar-refractivity contribution in [2.75, 3.05) is 38.2 Å². The van der Waals surface area contributed by atoms with Crippen LogP contribution < -0.4 is 5.32 Å². The maximum absolute atomic E-state index is 11.2. The van der Waals surface area contributed by atoms with Crippen LogP contribution in [0.3, 0.4) is 0 Å².